The van der Waals surface area contributed by atoms with Crippen molar-refractivity contribution in [1.82, 2.24) is 0 Å². The summed E-state index contributed by atoms with van der Waals surface area (Å²) in [4.78, 5) is 0. The van der Waals surface area contributed by atoms with Gasteiger partial charge < -0.3 is 5.11 Å². The Hall–Kier alpha value is -0.0400. The van der Waals surface area contributed by atoms with Gasteiger partial charge in [0.1, 0.15) is 0 Å². The lowest BCUT2D eigenvalue weighted by atomic mass is 9.49. The molecule has 1 nitrogen and oxygen atoms in total. The average Bonchev–Trinajstić information content (AvgIpc) is 2.37. The normalized spacial score (nSPS) is 52.4. The van der Waals surface area contributed by atoms with Gasteiger partial charge in [0.15, 0.2) is 0 Å². The molecular weight excluding hydrogens is 136 g/mol. The van der Waals surface area contributed by atoms with Crippen LogP contribution in [0.25, 0.3) is 0 Å². The van der Waals surface area contributed by atoms with E-state index in [0.717, 1.165) is 18.8 Å². The molecule has 0 aliphatic heterocycles. The third-order valence-corrected chi connectivity index (χ3v) is 4.69. The van der Waals surface area contributed by atoms with Crippen LogP contribution in [0.3, 0.4) is 0 Å². The first-order valence-corrected chi connectivity index (χ1v) is 4.72. The minimum absolute atomic E-state index is 0.00694. The lowest BCUT2D eigenvalue weighted by molar-refractivity contribution is -0.102. The zero-order valence-corrected chi connectivity index (χ0v) is 7.72. The standard InChI is InChI=1S/C10H18O/c1-4-10-6-7(5-8(10)11)9(10,2)3/h7-8,11H,4-6H2,1-3H3. The van der Waals surface area contributed by atoms with Crippen molar-refractivity contribution >= 4 is 0 Å². The van der Waals surface area contributed by atoms with Crippen molar-refractivity contribution in [2.45, 2.75) is 46.1 Å². The Kier molecular flexibility index (Phi) is 1.26. The number of hydrogen-bond acceptors (Lipinski definition) is 1. The molecule has 0 radical (unpaired) electrons. The maximum atomic E-state index is 9.83. The van der Waals surface area contributed by atoms with Gasteiger partial charge in [-0.3, -0.25) is 0 Å². The third-order valence-electron chi connectivity index (χ3n) is 4.69. The SMILES string of the molecule is CCC12CC(CC1O)C2(C)C. The molecule has 3 saturated carbocycles. The van der Waals surface area contributed by atoms with Crippen molar-refractivity contribution in [3.05, 3.63) is 0 Å². The van der Waals surface area contributed by atoms with Gasteiger partial charge in [-0.05, 0) is 30.6 Å². The molecule has 0 spiro atoms. The van der Waals surface area contributed by atoms with Crippen LogP contribution >= 0.6 is 0 Å². The molecule has 1 heteroatoms. The van der Waals surface area contributed by atoms with Gasteiger partial charge >= 0.3 is 0 Å². The highest BCUT2D eigenvalue weighted by Gasteiger charge is 2.67. The molecule has 0 aromatic rings. The van der Waals surface area contributed by atoms with Gasteiger partial charge in [-0.15, -0.1) is 0 Å². The molecule has 3 aliphatic carbocycles. The summed E-state index contributed by atoms with van der Waals surface area (Å²) in [5, 5.41) is 9.83. The van der Waals surface area contributed by atoms with Crippen molar-refractivity contribution in [2.75, 3.05) is 0 Å². The predicted octanol–water partition coefficient (Wildman–Crippen LogP) is 2.19. The Morgan fingerprint density at radius 1 is 1.45 bits per heavy atom. The van der Waals surface area contributed by atoms with E-state index in [4.69, 9.17) is 0 Å². The van der Waals surface area contributed by atoms with Crippen molar-refractivity contribution in [3.63, 3.8) is 0 Å². The lowest BCUT2D eigenvalue weighted by Gasteiger charge is -2.55. The highest BCUT2D eigenvalue weighted by molar-refractivity contribution is 5.16. The molecule has 0 heterocycles. The summed E-state index contributed by atoms with van der Waals surface area (Å²) in [6.45, 7) is 6.86. The fraction of sp³-hybridized carbons (Fsp3) is 1.00. The molecule has 3 unspecified atom stereocenters. The van der Waals surface area contributed by atoms with E-state index in [1.165, 1.54) is 6.42 Å². The maximum absolute atomic E-state index is 9.83. The van der Waals surface area contributed by atoms with E-state index >= 15 is 0 Å². The van der Waals surface area contributed by atoms with Crippen LogP contribution in [0.1, 0.15) is 40.0 Å². The summed E-state index contributed by atoms with van der Waals surface area (Å²) in [5.74, 6) is 0.803. The quantitative estimate of drug-likeness (QED) is 0.614. The summed E-state index contributed by atoms with van der Waals surface area (Å²) in [6.07, 6.45) is 3.48. The van der Waals surface area contributed by atoms with E-state index in [0.29, 0.717) is 5.41 Å². The molecule has 3 rings (SSSR count). The molecule has 0 amide bonds. The van der Waals surface area contributed by atoms with E-state index in [1.807, 2.05) is 0 Å². The van der Waals surface area contributed by atoms with Crippen LogP contribution in [-0.4, -0.2) is 11.2 Å². The number of fused-ring (bicyclic) bond motifs is 1. The van der Waals surface area contributed by atoms with Gasteiger partial charge in [0.2, 0.25) is 0 Å². The minimum Gasteiger partial charge on any atom is -0.393 e. The van der Waals surface area contributed by atoms with Crippen LogP contribution in [0.15, 0.2) is 0 Å². The number of rotatable bonds is 1. The zero-order valence-electron chi connectivity index (χ0n) is 7.72. The fourth-order valence-electron chi connectivity index (χ4n) is 3.51. The van der Waals surface area contributed by atoms with E-state index in [-0.39, 0.29) is 11.5 Å². The largest absolute Gasteiger partial charge is 0.393 e. The number of aliphatic hydroxyl groups is 1. The van der Waals surface area contributed by atoms with Crippen molar-refractivity contribution in [2.24, 2.45) is 16.7 Å². The molecule has 0 aromatic carbocycles. The summed E-state index contributed by atoms with van der Waals surface area (Å²) in [7, 11) is 0. The summed E-state index contributed by atoms with van der Waals surface area (Å²) >= 11 is 0. The van der Waals surface area contributed by atoms with Crippen LogP contribution in [0.2, 0.25) is 0 Å². The van der Waals surface area contributed by atoms with Crippen LogP contribution in [0.4, 0.5) is 0 Å². The Bertz CT molecular complexity index is 185. The molecule has 64 valence electrons. The zero-order chi connectivity index (χ0) is 8.28. The summed E-state index contributed by atoms with van der Waals surface area (Å²) < 4.78 is 0. The second-order valence-electron chi connectivity index (χ2n) is 4.88. The van der Waals surface area contributed by atoms with Crippen LogP contribution < -0.4 is 0 Å². The van der Waals surface area contributed by atoms with Gasteiger partial charge in [0.05, 0.1) is 6.10 Å². The second-order valence-corrected chi connectivity index (χ2v) is 4.88. The van der Waals surface area contributed by atoms with Gasteiger partial charge in [-0.2, -0.15) is 0 Å². The molecule has 0 aromatic heterocycles. The average molecular weight is 154 g/mol. The van der Waals surface area contributed by atoms with Crippen molar-refractivity contribution in [1.29, 1.82) is 0 Å². The molecule has 0 saturated heterocycles. The highest BCUT2D eigenvalue weighted by Crippen LogP contribution is 2.71. The molecule has 2 bridgehead atoms. The van der Waals surface area contributed by atoms with E-state index in [2.05, 4.69) is 20.8 Å². The van der Waals surface area contributed by atoms with E-state index in [9.17, 15) is 5.11 Å². The summed E-state index contributed by atoms with van der Waals surface area (Å²) in [6, 6.07) is 0. The van der Waals surface area contributed by atoms with Gasteiger partial charge in [-0.1, -0.05) is 20.8 Å². The van der Waals surface area contributed by atoms with Crippen LogP contribution in [0.5, 0.6) is 0 Å². The Morgan fingerprint density at radius 3 is 2.27 bits per heavy atom. The Morgan fingerprint density at radius 2 is 2.09 bits per heavy atom. The molecular formula is C10H18O. The van der Waals surface area contributed by atoms with Gasteiger partial charge in [-0.25, -0.2) is 0 Å². The number of hydrogen-bond donors (Lipinski definition) is 1. The highest BCUT2D eigenvalue weighted by atomic mass is 16.3. The Labute approximate surface area is 68.8 Å². The minimum atomic E-state index is -0.00694. The maximum Gasteiger partial charge on any atom is 0.0604 e. The molecule has 3 aliphatic rings. The van der Waals surface area contributed by atoms with Crippen LogP contribution in [-0.2, 0) is 0 Å². The first-order valence-electron chi connectivity index (χ1n) is 4.72. The molecule has 1 N–H and O–H groups in total. The fourth-order valence-corrected chi connectivity index (χ4v) is 3.51. The summed E-state index contributed by atoms with van der Waals surface area (Å²) in [5.41, 5.74) is 0.707. The van der Waals surface area contributed by atoms with Gasteiger partial charge in [0, 0.05) is 5.41 Å². The van der Waals surface area contributed by atoms with Crippen LogP contribution in [0, 0.1) is 16.7 Å². The monoisotopic (exact) mass is 154 g/mol. The topological polar surface area (TPSA) is 20.2 Å². The molecule has 3 atom stereocenters. The first-order chi connectivity index (χ1) is 5.04. The number of aliphatic hydroxyl groups excluding tert-OH is 1. The second kappa shape index (κ2) is 1.82. The smallest absolute Gasteiger partial charge is 0.0604 e. The van der Waals surface area contributed by atoms with Crippen molar-refractivity contribution < 1.29 is 5.11 Å². The first kappa shape index (κ1) is 7.60. The van der Waals surface area contributed by atoms with Gasteiger partial charge in [0.25, 0.3) is 0 Å². The van der Waals surface area contributed by atoms with Crippen molar-refractivity contribution in [3.8, 4) is 0 Å². The molecule has 3 fully saturated rings. The molecule has 11 heavy (non-hydrogen) atoms. The predicted molar refractivity (Wildman–Crippen MR) is 45.2 cm³/mol. The Balaban J connectivity index is 2.32. The van der Waals surface area contributed by atoms with E-state index in [1.54, 1.807) is 0 Å². The van der Waals surface area contributed by atoms with E-state index < -0.39 is 0 Å². The lowest BCUT2D eigenvalue weighted by Crippen LogP contribution is -2.51. The third kappa shape index (κ3) is 0.581.